The van der Waals surface area contributed by atoms with E-state index in [4.69, 9.17) is 9.97 Å². The Kier molecular flexibility index (Phi) is 9.41. The number of rotatable bonds is 6. The smallest absolute Gasteiger partial charge is 0.367 e. The lowest BCUT2D eigenvalue weighted by atomic mass is 10.0. The number of anilines is 2. The number of fused-ring (bicyclic) bond motifs is 1. The normalized spacial score (nSPS) is 20.6. The van der Waals surface area contributed by atoms with Gasteiger partial charge in [0.25, 0.3) is 0 Å². The van der Waals surface area contributed by atoms with Crippen LogP contribution in [0.15, 0.2) is 30.7 Å². The van der Waals surface area contributed by atoms with Gasteiger partial charge in [0.2, 0.25) is 0 Å². The van der Waals surface area contributed by atoms with Crippen molar-refractivity contribution in [3.63, 3.8) is 0 Å². The van der Waals surface area contributed by atoms with Gasteiger partial charge in [-0.3, -0.25) is 9.88 Å². The van der Waals surface area contributed by atoms with Crippen LogP contribution < -0.4 is 15.5 Å². The highest BCUT2D eigenvalue weighted by atomic mass is 32.1. The first-order valence-electron chi connectivity index (χ1n) is 13.5. The van der Waals surface area contributed by atoms with Gasteiger partial charge in [0.05, 0.1) is 18.3 Å². The van der Waals surface area contributed by atoms with E-state index < -0.39 is 12.7 Å². The van der Waals surface area contributed by atoms with Crippen LogP contribution in [-0.4, -0.2) is 82.4 Å². The van der Waals surface area contributed by atoms with Crippen LogP contribution in [0.2, 0.25) is 0 Å². The average Bonchev–Trinajstić information content (AvgIpc) is 3.74. The zero-order chi connectivity index (χ0) is 26.3. The molecule has 3 aromatic heterocycles. The van der Waals surface area contributed by atoms with Crippen LogP contribution >= 0.6 is 13.5 Å². The minimum absolute atomic E-state index is 0. The second-order valence-corrected chi connectivity index (χ2v) is 10.8. The number of hydrogen-bond donors (Lipinski definition) is 2. The van der Waals surface area contributed by atoms with E-state index in [2.05, 4.69) is 32.4 Å². The van der Waals surface area contributed by atoms with Gasteiger partial charge in [-0.15, -0.1) is 0 Å². The molecule has 1 atom stereocenters. The summed E-state index contributed by atoms with van der Waals surface area (Å²) in [5, 5.41) is 8.04. The number of likely N-dealkylation sites (tertiary alicyclic amines) is 1. The predicted octanol–water partition coefficient (Wildman–Crippen LogP) is 4.95. The first kappa shape index (κ1) is 30.3. The molecule has 5 heterocycles. The Hall–Kier alpha value is -2.70. The van der Waals surface area contributed by atoms with Gasteiger partial charge < -0.3 is 15.5 Å². The monoisotopic (exact) mass is 576 g/mol. The van der Waals surface area contributed by atoms with Gasteiger partial charge in [0.1, 0.15) is 11.6 Å². The van der Waals surface area contributed by atoms with Gasteiger partial charge in [-0.05, 0) is 56.2 Å². The van der Waals surface area contributed by atoms with E-state index in [-0.39, 0.29) is 27.0 Å². The fourth-order valence-corrected chi connectivity index (χ4v) is 5.62. The molecule has 0 aromatic carbocycles. The molecular weight excluding hydrogens is 537 g/mol. The summed E-state index contributed by atoms with van der Waals surface area (Å²) in [6.45, 7) is 4.80. The number of piperazine rings is 1. The van der Waals surface area contributed by atoms with E-state index in [0.717, 1.165) is 41.9 Å². The molecule has 40 heavy (non-hydrogen) atoms. The molecule has 3 aromatic rings. The third kappa shape index (κ3) is 6.95. The van der Waals surface area contributed by atoms with Crippen LogP contribution in [0.3, 0.4) is 0 Å². The molecule has 3 aliphatic rings. The molecule has 2 saturated heterocycles. The Morgan fingerprint density at radius 1 is 1.07 bits per heavy atom. The van der Waals surface area contributed by atoms with E-state index in [0.29, 0.717) is 49.5 Å². The first-order chi connectivity index (χ1) is 18.3. The van der Waals surface area contributed by atoms with Crippen molar-refractivity contribution in [2.24, 2.45) is 0 Å². The number of aromatic nitrogens is 4. The average molecular weight is 577 g/mol. The van der Waals surface area contributed by atoms with E-state index in [9.17, 15) is 13.2 Å². The van der Waals surface area contributed by atoms with E-state index in [1.165, 1.54) is 23.3 Å². The second-order valence-electron chi connectivity index (χ2n) is 10.8. The van der Waals surface area contributed by atoms with Crippen LogP contribution in [0.25, 0.3) is 22.3 Å². The van der Waals surface area contributed by atoms with Crippen LogP contribution in [-0.2, 0) is 0 Å². The van der Waals surface area contributed by atoms with Crippen LogP contribution in [0.5, 0.6) is 0 Å². The second kappa shape index (κ2) is 12.4. The maximum absolute atomic E-state index is 12.7. The number of piperidine rings is 1. The summed E-state index contributed by atoms with van der Waals surface area (Å²) < 4.78 is 38.2. The standard InChI is InChI=1S/C27H33F3N8.CH4.H2S/c1-17-15-38(11-8-32-17)26-24-21(18-2-3-18)13-31-14-22(24)35-25(36-26)19-4-7-33-23(12-19)34-20-5-9-37(10-6-20)16-27(28,29)30;;/h4,7,12-14,17-18,20,32H,2-3,5-6,8-11,15-16H2,1H3,(H,33,34);1H4;1H2/t17-;;/m0../s1. The molecule has 0 unspecified atom stereocenters. The largest absolute Gasteiger partial charge is 0.401 e. The van der Waals surface area contributed by atoms with Crippen LogP contribution in [0.1, 0.15) is 51.5 Å². The van der Waals surface area contributed by atoms with Gasteiger partial charge in [-0.25, -0.2) is 15.0 Å². The summed E-state index contributed by atoms with van der Waals surface area (Å²) in [4.78, 5) is 22.9. The number of nitrogens with one attached hydrogen (secondary N) is 2. The molecule has 0 spiro atoms. The highest BCUT2D eigenvalue weighted by molar-refractivity contribution is 7.59. The van der Waals surface area contributed by atoms with Crippen LogP contribution in [0.4, 0.5) is 24.8 Å². The van der Waals surface area contributed by atoms with Gasteiger partial charge in [-0.1, -0.05) is 7.43 Å². The Balaban J connectivity index is 0.00000185. The fraction of sp³-hybridized carbons (Fsp3) is 0.571. The molecule has 2 N–H and O–H groups in total. The Morgan fingerprint density at radius 3 is 2.55 bits per heavy atom. The van der Waals surface area contributed by atoms with Gasteiger partial charge in [0, 0.05) is 68.2 Å². The molecule has 0 bridgehead atoms. The van der Waals surface area contributed by atoms with E-state index >= 15 is 0 Å². The van der Waals surface area contributed by atoms with Crippen molar-refractivity contribution in [1.29, 1.82) is 0 Å². The summed E-state index contributed by atoms with van der Waals surface area (Å²) in [5.41, 5.74) is 2.94. The Bertz CT molecular complexity index is 1290. The minimum Gasteiger partial charge on any atom is -0.367 e. The minimum atomic E-state index is -4.16. The number of hydrogen-bond acceptors (Lipinski definition) is 8. The lowest BCUT2D eigenvalue weighted by molar-refractivity contribution is -0.147. The van der Waals surface area contributed by atoms with Crippen molar-refractivity contribution in [3.05, 3.63) is 36.3 Å². The molecule has 0 amide bonds. The van der Waals surface area contributed by atoms with Gasteiger partial charge in [-0.2, -0.15) is 26.7 Å². The molecule has 12 heteroatoms. The highest BCUT2D eigenvalue weighted by Gasteiger charge is 2.33. The zero-order valence-corrected chi connectivity index (χ0v) is 23.0. The van der Waals surface area contributed by atoms with Crippen molar-refractivity contribution in [3.8, 4) is 11.4 Å². The molecule has 2 aliphatic heterocycles. The maximum Gasteiger partial charge on any atom is 0.401 e. The molecule has 1 saturated carbocycles. The number of nitrogens with zero attached hydrogens (tertiary/aromatic N) is 6. The fourth-order valence-electron chi connectivity index (χ4n) is 5.62. The summed E-state index contributed by atoms with van der Waals surface area (Å²) in [6, 6.07) is 4.28. The van der Waals surface area contributed by atoms with Crippen LogP contribution in [0, 0.1) is 0 Å². The lowest BCUT2D eigenvalue weighted by Crippen LogP contribution is -2.49. The predicted molar refractivity (Wildman–Crippen MR) is 158 cm³/mol. The SMILES string of the molecule is C.C[C@H]1CN(c2nc(-c3ccnc(NC4CCN(CC(F)(F)F)CC4)c3)nc3cncc(C4CC4)c23)CCN1.S. The summed E-state index contributed by atoms with van der Waals surface area (Å²) in [7, 11) is 0. The van der Waals surface area contributed by atoms with Crippen molar-refractivity contribution >= 4 is 36.0 Å². The van der Waals surface area contributed by atoms with Crippen molar-refractivity contribution in [1.82, 2.24) is 30.2 Å². The van der Waals surface area contributed by atoms with Crippen molar-refractivity contribution in [2.45, 2.75) is 64.2 Å². The summed E-state index contributed by atoms with van der Waals surface area (Å²) >= 11 is 0. The Morgan fingerprint density at radius 2 is 1.85 bits per heavy atom. The topological polar surface area (TPSA) is 82.1 Å². The van der Waals surface area contributed by atoms with E-state index in [1.54, 1.807) is 6.20 Å². The molecular formula is C28H39F3N8S. The molecule has 1 aliphatic carbocycles. The molecule has 8 nitrogen and oxygen atoms in total. The lowest BCUT2D eigenvalue weighted by Gasteiger charge is -2.34. The Labute approximate surface area is 240 Å². The first-order valence-corrected chi connectivity index (χ1v) is 13.5. The molecule has 6 rings (SSSR count). The summed E-state index contributed by atoms with van der Waals surface area (Å²) in [5.74, 6) is 2.80. The van der Waals surface area contributed by atoms with Gasteiger partial charge >= 0.3 is 6.18 Å². The van der Waals surface area contributed by atoms with Crippen molar-refractivity contribution in [2.75, 3.05) is 49.5 Å². The third-order valence-electron chi connectivity index (χ3n) is 7.66. The zero-order valence-electron chi connectivity index (χ0n) is 22.0. The summed E-state index contributed by atoms with van der Waals surface area (Å²) in [6.07, 6.45) is 5.00. The molecule has 218 valence electrons. The maximum atomic E-state index is 12.7. The highest BCUT2D eigenvalue weighted by Crippen LogP contribution is 2.45. The van der Waals surface area contributed by atoms with Gasteiger partial charge in [0.15, 0.2) is 5.82 Å². The van der Waals surface area contributed by atoms with E-state index in [1.807, 2.05) is 24.5 Å². The number of alkyl halides is 3. The molecule has 0 radical (unpaired) electrons. The van der Waals surface area contributed by atoms with Crippen molar-refractivity contribution < 1.29 is 13.2 Å². The third-order valence-corrected chi connectivity index (χ3v) is 7.66. The number of halogens is 3. The quantitative estimate of drug-likeness (QED) is 0.427. The number of pyridine rings is 2. The molecule has 3 fully saturated rings.